The molecule has 1 aromatic carbocycles. The average Bonchev–Trinajstić information content (AvgIpc) is 2.94. The van der Waals surface area contributed by atoms with Crippen LogP contribution >= 0.6 is 0 Å². The predicted octanol–water partition coefficient (Wildman–Crippen LogP) is 3.81. The van der Waals surface area contributed by atoms with Crippen LogP contribution in [0.1, 0.15) is 32.4 Å². The molecule has 1 amide bonds. The van der Waals surface area contributed by atoms with Crippen molar-refractivity contribution in [1.82, 2.24) is 0 Å². The highest BCUT2D eigenvalue weighted by Gasteiger charge is 2.07. The molecule has 0 aliphatic heterocycles. The molecule has 0 atom stereocenters. The van der Waals surface area contributed by atoms with E-state index < -0.39 is 0 Å². The van der Waals surface area contributed by atoms with Crippen molar-refractivity contribution < 1.29 is 14.3 Å². The summed E-state index contributed by atoms with van der Waals surface area (Å²) in [4.78, 5) is 11.8. The van der Waals surface area contributed by atoms with Crippen molar-refractivity contribution in [1.29, 1.82) is 0 Å². The van der Waals surface area contributed by atoms with Gasteiger partial charge in [0.2, 0.25) is 5.91 Å². The summed E-state index contributed by atoms with van der Waals surface area (Å²) in [5.74, 6) is 1.74. The number of amides is 1. The smallest absolute Gasteiger partial charge is 0.224 e. The Balaban J connectivity index is 2.05. The molecule has 112 valence electrons. The fourth-order valence-corrected chi connectivity index (χ4v) is 2.01. The largest absolute Gasteiger partial charge is 0.459 e. The van der Waals surface area contributed by atoms with Crippen molar-refractivity contribution in [2.24, 2.45) is 5.92 Å². The Kier molecular flexibility index (Phi) is 5.17. The maximum absolute atomic E-state index is 11.8. The van der Waals surface area contributed by atoms with E-state index in [0.717, 1.165) is 17.7 Å². The summed E-state index contributed by atoms with van der Waals surface area (Å²) < 4.78 is 5.50. The molecule has 0 aliphatic carbocycles. The third-order valence-electron chi connectivity index (χ3n) is 3.20. The van der Waals surface area contributed by atoms with Gasteiger partial charge in [-0.05, 0) is 36.6 Å². The van der Waals surface area contributed by atoms with Gasteiger partial charge in [-0.25, -0.2) is 0 Å². The van der Waals surface area contributed by atoms with Crippen LogP contribution in [0.2, 0.25) is 0 Å². The number of hydrogen-bond donors (Lipinski definition) is 2. The number of anilines is 1. The normalized spacial score (nSPS) is 10.9. The number of aliphatic hydroxyl groups excluding tert-OH is 1. The van der Waals surface area contributed by atoms with Gasteiger partial charge in [0.1, 0.15) is 18.1 Å². The second-order valence-electron chi connectivity index (χ2n) is 5.49. The van der Waals surface area contributed by atoms with Gasteiger partial charge in [-0.3, -0.25) is 4.79 Å². The number of carbonyl (C=O) groups excluding carboxylic acids is 1. The fraction of sp³-hybridized carbons (Fsp3) is 0.353. The highest BCUT2D eigenvalue weighted by molar-refractivity contribution is 5.91. The second-order valence-corrected chi connectivity index (χ2v) is 5.49. The molecule has 1 aromatic heterocycles. The van der Waals surface area contributed by atoms with Gasteiger partial charge in [0.15, 0.2) is 0 Å². The third kappa shape index (κ3) is 4.46. The number of aliphatic hydroxyl groups is 1. The van der Waals surface area contributed by atoms with E-state index in [4.69, 9.17) is 9.52 Å². The minimum atomic E-state index is -0.119. The molecule has 0 saturated carbocycles. The SMILES string of the molecule is CC(C)CCC(=O)Nc1cccc(-c2ccc(CO)o2)c1. The van der Waals surface area contributed by atoms with Gasteiger partial charge in [0.25, 0.3) is 0 Å². The summed E-state index contributed by atoms with van der Waals surface area (Å²) in [5.41, 5.74) is 1.62. The molecule has 0 fully saturated rings. The molecule has 2 aromatic rings. The molecular formula is C17H21NO3. The summed E-state index contributed by atoms with van der Waals surface area (Å²) in [7, 11) is 0. The Hall–Kier alpha value is -2.07. The fourth-order valence-electron chi connectivity index (χ4n) is 2.01. The number of hydrogen-bond acceptors (Lipinski definition) is 3. The van der Waals surface area contributed by atoms with Gasteiger partial charge in [0, 0.05) is 17.7 Å². The van der Waals surface area contributed by atoms with Crippen LogP contribution in [0.3, 0.4) is 0 Å². The van der Waals surface area contributed by atoms with E-state index >= 15 is 0 Å². The lowest BCUT2D eigenvalue weighted by molar-refractivity contribution is -0.116. The standard InChI is InChI=1S/C17H21NO3/c1-12(2)6-9-17(20)18-14-5-3-4-13(10-14)16-8-7-15(11-19)21-16/h3-5,7-8,10,12,19H,6,9,11H2,1-2H3,(H,18,20). The maximum Gasteiger partial charge on any atom is 0.224 e. The van der Waals surface area contributed by atoms with E-state index in [-0.39, 0.29) is 12.5 Å². The first-order chi connectivity index (χ1) is 10.1. The Morgan fingerprint density at radius 3 is 2.76 bits per heavy atom. The highest BCUT2D eigenvalue weighted by atomic mass is 16.4. The van der Waals surface area contributed by atoms with E-state index in [1.807, 2.05) is 30.3 Å². The Morgan fingerprint density at radius 1 is 1.29 bits per heavy atom. The molecule has 21 heavy (non-hydrogen) atoms. The van der Waals surface area contributed by atoms with Crippen LogP contribution in [0.4, 0.5) is 5.69 Å². The minimum absolute atomic E-state index is 0.0244. The van der Waals surface area contributed by atoms with Crippen molar-refractivity contribution in [2.45, 2.75) is 33.3 Å². The molecule has 0 unspecified atom stereocenters. The lowest BCUT2D eigenvalue weighted by atomic mass is 10.1. The zero-order valence-corrected chi connectivity index (χ0v) is 12.4. The van der Waals surface area contributed by atoms with Crippen LogP contribution in [-0.4, -0.2) is 11.0 Å². The first-order valence-electron chi connectivity index (χ1n) is 7.18. The van der Waals surface area contributed by atoms with E-state index in [2.05, 4.69) is 19.2 Å². The van der Waals surface area contributed by atoms with E-state index in [1.54, 1.807) is 6.07 Å². The molecule has 4 heteroatoms. The predicted molar refractivity (Wildman–Crippen MR) is 82.8 cm³/mol. The first-order valence-corrected chi connectivity index (χ1v) is 7.18. The van der Waals surface area contributed by atoms with Gasteiger partial charge >= 0.3 is 0 Å². The molecule has 4 nitrogen and oxygen atoms in total. The number of benzene rings is 1. The number of furan rings is 1. The molecule has 0 saturated heterocycles. The highest BCUT2D eigenvalue weighted by Crippen LogP contribution is 2.25. The van der Waals surface area contributed by atoms with Crippen LogP contribution in [-0.2, 0) is 11.4 Å². The molecule has 2 N–H and O–H groups in total. The van der Waals surface area contributed by atoms with E-state index in [1.165, 1.54) is 0 Å². The van der Waals surface area contributed by atoms with Gasteiger partial charge < -0.3 is 14.8 Å². The second kappa shape index (κ2) is 7.09. The number of carbonyl (C=O) groups is 1. The molecule has 1 heterocycles. The van der Waals surface area contributed by atoms with Crippen LogP contribution in [0.25, 0.3) is 11.3 Å². The quantitative estimate of drug-likeness (QED) is 0.849. The summed E-state index contributed by atoms with van der Waals surface area (Å²) in [6.45, 7) is 4.08. The van der Waals surface area contributed by atoms with Gasteiger partial charge in [0.05, 0.1) is 0 Å². The molecule has 2 rings (SSSR count). The Bertz CT molecular complexity index is 602. The third-order valence-corrected chi connectivity index (χ3v) is 3.20. The van der Waals surface area contributed by atoms with Gasteiger partial charge in [-0.2, -0.15) is 0 Å². The molecule has 0 bridgehead atoms. The van der Waals surface area contributed by atoms with Crippen LogP contribution in [0.15, 0.2) is 40.8 Å². The summed E-state index contributed by atoms with van der Waals surface area (Å²) >= 11 is 0. The lowest BCUT2D eigenvalue weighted by Crippen LogP contribution is -2.12. The van der Waals surface area contributed by atoms with Crippen LogP contribution in [0, 0.1) is 5.92 Å². The van der Waals surface area contributed by atoms with E-state index in [9.17, 15) is 4.79 Å². The van der Waals surface area contributed by atoms with Crippen LogP contribution in [0.5, 0.6) is 0 Å². The van der Waals surface area contributed by atoms with Crippen molar-refractivity contribution >= 4 is 11.6 Å². The average molecular weight is 287 g/mol. The van der Waals surface area contributed by atoms with Crippen molar-refractivity contribution in [3.63, 3.8) is 0 Å². The number of rotatable bonds is 6. The number of nitrogens with one attached hydrogen (secondary N) is 1. The summed E-state index contributed by atoms with van der Waals surface area (Å²) in [5, 5.41) is 11.9. The van der Waals surface area contributed by atoms with E-state index in [0.29, 0.717) is 23.9 Å². The summed E-state index contributed by atoms with van der Waals surface area (Å²) in [6.07, 6.45) is 1.40. The Labute approximate surface area is 124 Å². The molecule has 0 aliphatic rings. The summed E-state index contributed by atoms with van der Waals surface area (Å²) in [6, 6.07) is 11.0. The molecule has 0 radical (unpaired) electrons. The van der Waals surface area contributed by atoms with Crippen molar-refractivity contribution in [3.05, 3.63) is 42.2 Å². The van der Waals surface area contributed by atoms with Crippen molar-refractivity contribution in [2.75, 3.05) is 5.32 Å². The monoisotopic (exact) mass is 287 g/mol. The topological polar surface area (TPSA) is 62.5 Å². The minimum Gasteiger partial charge on any atom is -0.459 e. The van der Waals surface area contributed by atoms with Gasteiger partial charge in [-0.15, -0.1) is 0 Å². The maximum atomic E-state index is 11.8. The lowest BCUT2D eigenvalue weighted by Gasteiger charge is -2.08. The van der Waals surface area contributed by atoms with Crippen LogP contribution < -0.4 is 5.32 Å². The molecular weight excluding hydrogens is 266 g/mol. The van der Waals surface area contributed by atoms with Crippen molar-refractivity contribution in [3.8, 4) is 11.3 Å². The zero-order valence-electron chi connectivity index (χ0n) is 12.4. The first kappa shape index (κ1) is 15.3. The van der Waals surface area contributed by atoms with Gasteiger partial charge in [-0.1, -0.05) is 26.0 Å². The Morgan fingerprint density at radius 2 is 2.10 bits per heavy atom. The molecule has 0 spiro atoms. The zero-order chi connectivity index (χ0) is 15.2.